The van der Waals surface area contributed by atoms with Gasteiger partial charge in [-0.15, -0.1) is 11.3 Å². The fraction of sp³-hybridized carbons (Fsp3) is 0.0500. The van der Waals surface area contributed by atoms with Crippen molar-refractivity contribution in [3.63, 3.8) is 0 Å². The number of carboxylic acid groups (broad SMARTS) is 1. The molecule has 27 heavy (non-hydrogen) atoms. The standard InChI is InChI=1S/C20H14N2O4S/c1-11-6-7-13(9-21-11)18-17(20(24)25)14(10-27-18)22-19(23)16-8-12-4-2-3-5-15(12)26-16/h2-10H,1H3,(H,22,23)(H,24,25). The number of carboxylic acids is 1. The highest BCUT2D eigenvalue weighted by atomic mass is 32.1. The molecule has 4 rings (SSSR count). The lowest BCUT2D eigenvalue weighted by molar-refractivity contribution is 0.0699. The molecule has 0 unspecified atom stereocenters. The number of thiophene rings is 1. The van der Waals surface area contributed by atoms with E-state index in [4.69, 9.17) is 4.42 Å². The van der Waals surface area contributed by atoms with Gasteiger partial charge in [0.05, 0.1) is 10.6 Å². The Kier molecular flexibility index (Phi) is 4.21. The molecular weight excluding hydrogens is 364 g/mol. The number of carbonyl (C=O) groups excluding carboxylic acids is 1. The van der Waals surface area contributed by atoms with Crippen molar-refractivity contribution in [1.82, 2.24) is 4.98 Å². The van der Waals surface area contributed by atoms with Gasteiger partial charge in [0.25, 0.3) is 5.91 Å². The summed E-state index contributed by atoms with van der Waals surface area (Å²) in [6.07, 6.45) is 1.62. The molecule has 1 amide bonds. The van der Waals surface area contributed by atoms with E-state index >= 15 is 0 Å². The number of aromatic nitrogens is 1. The molecule has 0 spiro atoms. The van der Waals surface area contributed by atoms with Crippen molar-refractivity contribution in [1.29, 1.82) is 0 Å². The maximum atomic E-state index is 12.5. The van der Waals surface area contributed by atoms with Gasteiger partial charge in [0.1, 0.15) is 11.1 Å². The van der Waals surface area contributed by atoms with Crippen LogP contribution in [0.4, 0.5) is 5.69 Å². The zero-order chi connectivity index (χ0) is 19.0. The zero-order valence-electron chi connectivity index (χ0n) is 14.2. The highest BCUT2D eigenvalue weighted by molar-refractivity contribution is 7.14. The summed E-state index contributed by atoms with van der Waals surface area (Å²) in [5.41, 5.74) is 2.39. The van der Waals surface area contributed by atoms with E-state index in [1.807, 2.05) is 37.3 Å². The van der Waals surface area contributed by atoms with Crippen LogP contribution in [0, 0.1) is 6.92 Å². The molecule has 2 N–H and O–H groups in total. The number of anilines is 1. The van der Waals surface area contributed by atoms with Crippen LogP contribution >= 0.6 is 11.3 Å². The molecule has 0 bridgehead atoms. The molecule has 134 valence electrons. The maximum Gasteiger partial charge on any atom is 0.339 e. The molecular formula is C20H14N2O4S. The van der Waals surface area contributed by atoms with Crippen LogP contribution < -0.4 is 5.32 Å². The molecule has 0 aliphatic rings. The zero-order valence-corrected chi connectivity index (χ0v) is 15.0. The molecule has 6 nitrogen and oxygen atoms in total. The van der Waals surface area contributed by atoms with Crippen LogP contribution in [-0.4, -0.2) is 22.0 Å². The fourth-order valence-corrected chi connectivity index (χ4v) is 3.74. The van der Waals surface area contributed by atoms with E-state index in [1.165, 1.54) is 11.3 Å². The van der Waals surface area contributed by atoms with Crippen molar-refractivity contribution in [3.05, 3.63) is 71.1 Å². The number of carbonyl (C=O) groups is 2. The quantitative estimate of drug-likeness (QED) is 0.531. The number of rotatable bonds is 4. The molecule has 0 aliphatic carbocycles. The van der Waals surface area contributed by atoms with E-state index in [9.17, 15) is 14.7 Å². The molecule has 0 fully saturated rings. The van der Waals surface area contributed by atoms with Crippen LogP contribution in [0.15, 0.2) is 58.5 Å². The number of nitrogens with one attached hydrogen (secondary N) is 1. The van der Waals surface area contributed by atoms with Gasteiger partial charge in [-0.1, -0.05) is 24.3 Å². The van der Waals surface area contributed by atoms with E-state index in [0.29, 0.717) is 16.0 Å². The summed E-state index contributed by atoms with van der Waals surface area (Å²) in [5, 5.41) is 14.7. The number of para-hydroxylation sites is 1. The minimum Gasteiger partial charge on any atom is -0.478 e. The van der Waals surface area contributed by atoms with Crippen LogP contribution in [0.1, 0.15) is 26.6 Å². The first kappa shape index (κ1) is 17.0. The Morgan fingerprint density at radius 3 is 2.70 bits per heavy atom. The van der Waals surface area contributed by atoms with Gasteiger partial charge in [-0.05, 0) is 25.1 Å². The van der Waals surface area contributed by atoms with Gasteiger partial charge in [0.2, 0.25) is 0 Å². The van der Waals surface area contributed by atoms with Gasteiger partial charge in [-0.25, -0.2) is 4.79 Å². The van der Waals surface area contributed by atoms with Crippen LogP contribution in [0.3, 0.4) is 0 Å². The first-order chi connectivity index (χ1) is 13.0. The number of hydrogen-bond acceptors (Lipinski definition) is 5. The normalized spacial score (nSPS) is 10.9. The largest absolute Gasteiger partial charge is 0.478 e. The highest BCUT2D eigenvalue weighted by Gasteiger charge is 2.22. The lowest BCUT2D eigenvalue weighted by Crippen LogP contribution is -2.13. The van der Waals surface area contributed by atoms with E-state index in [2.05, 4.69) is 10.3 Å². The van der Waals surface area contributed by atoms with Crippen molar-refractivity contribution in [2.24, 2.45) is 0 Å². The number of amides is 1. The Labute approximate surface area is 158 Å². The number of aromatic carboxylic acids is 1. The molecule has 1 aromatic carbocycles. The molecule has 0 aliphatic heterocycles. The fourth-order valence-electron chi connectivity index (χ4n) is 2.75. The van der Waals surface area contributed by atoms with Gasteiger partial charge in [0, 0.05) is 28.2 Å². The van der Waals surface area contributed by atoms with Crippen LogP contribution in [0.2, 0.25) is 0 Å². The first-order valence-corrected chi connectivity index (χ1v) is 8.98. The third-order valence-corrected chi connectivity index (χ3v) is 5.11. The van der Waals surface area contributed by atoms with Crippen LogP contribution in [-0.2, 0) is 0 Å². The number of hydrogen-bond donors (Lipinski definition) is 2. The summed E-state index contributed by atoms with van der Waals surface area (Å²) in [5.74, 6) is -1.50. The molecule has 0 radical (unpaired) electrons. The average molecular weight is 378 g/mol. The second kappa shape index (κ2) is 6.69. The highest BCUT2D eigenvalue weighted by Crippen LogP contribution is 2.36. The number of furan rings is 1. The Morgan fingerprint density at radius 2 is 2.00 bits per heavy atom. The number of pyridine rings is 1. The van der Waals surface area contributed by atoms with Gasteiger partial charge in [0.15, 0.2) is 5.76 Å². The SMILES string of the molecule is Cc1ccc(-c2scc(NC(=O)c3cc4ccccc4o3)c2C(=O)O)cn1. The number of fused-ring (bicyclic) bond motifs is 1. The van der Waals surface area contributed by atoms with Crippen LogP contribution in [0.25, 0.3) is 21.4 Å². The predicted octanol–water partition coefficient (Wildman–Crippen LogP) is 4.82. The summed E-state index contributed by atoms with van der Waals surface area (Å²) in [4.78, 5) is 29.1. The Morgan fingerprint density at radius 1 is 1.19 bits per heavy atom. The van der Waals surface area contributed by atoms with E-state index in [1.54, 1.807) is 23.7 Å². The molecule has 4 aromatic rings. The van der Waals surface area contributed by atoms with E-state index in [0.717, 1.165) is 11.1 Å². The molecule has 3 aromatic heterocycles. The smallest absolute Gasteiger partial charge is 0.339 e. The second-order valence-corrected chi connectivity index (χ2v) is 6.83. The van der Waals surface area contributed by atoms with Gasteiger partial charge < -0.3 is 14.8 Å². The van der Waals surface area contributed by atoms with Crippen molar-refractivity contribution in [2.45, 2.75) is 6.92 Å². The lowest BCUT2D eigenvalue weighted by atomic mass is 10.1. The second-order valence-electron chi connectivity index (χ2n) is 5.95. The summed E-state index contributed by atoms with van der Waals surface area (Å²) >= 11 is 1.24. The minimum absolute atomic E-state index is 0.0371. The Hall–Kier alpha value is -3.45. The van der Waals surface area contributed by atoms with Gasteiger partial charge >= 0.3 is 5.97 Å². The summed E-state index contributed by atoms with van der Waals surface area (Å²) in [6, 6.07) is 12.5. The Bertz CT molecular complexity index is 1130. The van der Waals surface area contributed by atoms with E-state index < -0.39 is 11.9 Å². The monoisotopic (exact) mass is 378 g/mol. The predicted molar refractivity (Wildman–Crippen MR) is 103 cm³/mol. The molecule has 7 heteroatoms. The number of benzene rings is 1. The van der Waals surface area contributed by atoms with Crippen molar-refractivity contribution >= 4 is 39.9 Å². The van der Waals surface area contributed by atoms with Crippen molar-refractivity contribution < 1.29 is 19.1 Å². The summed E-state index contributed by atoms with van der Waals surface area (Å²) in [7, 11) is 0. The number of aryl methyl sites for hydroxylation is 1. The summed E-state index contributed by atoms with van der Waals surface area (Å²) < 4.78 is 5.54. The third-order valence-electron chi connectivity index (χ3n) is 4.08. The molecule has 3 heterocycles. The minimum atomic E-state index is -1.12. The Balaban J connectivity index is 1.68. The molecule has 0 saturated heterocycles. The van der Waals surface area contributed by atoms with Crippen LogP contribution in [0.5, 0.6) is 0 Å². The van der Waals surface area contributed by atoms with E-state index in [-0.39, 0.29) is 17.0 Å². The summed E-state index contributed by atoms with van der Waals surface area (Å²) in [6.45, 7) is 1.86. The maximum absolute atomic E-state index is 12.5. The van der Waals surface area contributed by atoms with Gasteiger partial charge in [-0.3, -0.25) is 9.78 Å². The topological polar surface area (TPSA) is 92.4 Å². The third kappa shape index (κ3) is 3.20. The average Bonchev–Trinajstić information content (AvgIpc) is 3.26. The van der Waals surface area contributed by atoms with Crippen molar-refractivity contribution in [2.75, 3.05) is 5.32 Å². The lowest BCUT2D eigenvalue weighted by Gasteiger charge is -2.05. The van der Waals surface area contributed by atoms with Gasteiger partial charge in [-0.2, -0.15) is 0 Å². The molecule has 0 saturated carbocycles. The number of nitrogens with zero attached hydrogens (tertiary/aromatic N) is 1. The molecule has 0 atom stereocenters. The van der Waals surface area contributed by atoms with Crippen molar-refractivity contribution in [3.8, 4) is 10.4 Å². The first-order valence-electron chi connectivity index (χ1n) is 8.10.